The smallest absolute Gasteiger partial charge is 0.230 e. The molecule has 1 aliphatic heterocycles. The number of nitrogens with zero attached hydrogens (tertiary/aromatic N) is 4. The number of aryl methyl sites for hydroxylation is 2. The number of hydrogen-bond donors (Lipinski definition) is 1. The maximum atomic E-state index is 12.3. The van der Waals surface area contributed by atoms with Crippen molar-refractivity contribution in [2.24, 2.45) is 0 Å². The minimum absolute atomic E-state index is 0.111. The van der Waals surface area contributed by atoms with Crippen LogP contribution in [-0.4, -0.2) is 57.1 Å². The first-order valence-electron chi connectivity index (χ1n) is 8.04. The van der Waals surface area contributed by atoms with Crippen LogP contribution in [0.1, 0.15) is 22.8 Å². The highest BCUT2D eigenvalue weighted by Gasteiger charge is 2.22. The molecule has 0 unspecified atom stereocenters. The Morgan fingerprint density at radius 3 is 2.57 bits per heavy atom. The monoisotopic (exact) mass is 313 g/mol. The third kappa shape index (κ3) is 3.96. The van der Waals surface area contributed by atoms with Crippen molar-refractivity contribution < 1.29 is 4.79 Å². The third-order valence-corrected chi connectivity index (χ3v) is 4.33. The molecular formula is C17H23N5O. The van der Waals surface area contributed by atoms with Crippen LogP contribution in [0.2, 0.25) is 0 Å². The molecule has 122 valence electrons. The fourth-order valence-corrected chi connectivity index (χ4v) is 2.90. The van der Waals surface area contributed by atoms with Gasteiger partial charge >= 0.3 is 0 Å². The van der Waals surface area contributed by atoms with Gasteiger partial charge in [-0.15, -0.1) is 0 Å². The van der Waals surface area contributed by atoms with E-state index in [1.807, 2.05) is 11.8 Å². The molecule has 6 nitrogen and oxygen atoms in total. The maximum Gasteiger partial charge on any atom is 0.230 e. The summed E-state index contributed by atoms with van der Waals surface area (Å²) < 4.78 is 0. The van der Waals surface area contributed by atoms with Gasteiger partial charge in [-0.2, -0.15) is 5.10 Å². The van der Waals surface area contributed by atoms with Gasteiger partial charge in [0.05, 0.1) is 6.42 Å². The number of piperazine rings is 1. The van der Waals surface area contributed by atoms with Gasteiger partial charge in [0, 0.05) is 32.7 Å². The third-order valence-electron chi connectivity index (χ3n) is 4.33. The SMILES string of the molecule is Cc1nc(CC(=O)N2CCN(Cc3ccccc3C)CC2)n[nH]1. The summed E-state index contributed by atoms with van der Waals surface area (Å²) in [7, 11) is 0. The molecule has 0 radical (unpaired) electrons. The largest absolute Gasteiger partial charge is 0.340 e. The molecule has 1 N–H and O–H groups in total. The molecular weight excluding hydrogens is 290 g/mol. The van der Waals surface area contributed by atoms with Gasteiger partial charge in [0.15, 0.2) is 5.82 Å². The van der Waals surface area contributed by atoms with Gasteiger partial charge < -0.3 is 4.90 Å². The molecule has 1 amide bonds. The lowest BCUT2D eigenvalue weighted by molar-refractivity contribution is -0.132. The van der Waals surface area contributed by atoms with Crippen molar-refractivity contribution in [2.75, 3.05) is 26.2 Å². The quantitative estimate of drug-likeness (QED) is 0.924. The number of benzene rings is 1. The van der Waals surface area contributed by atoms with Crippen molar-refractivity contribution in [1.29, 1.82) is 0 Å². The van der Waals surface area contributed by atoms with E-state index in [4.69, 9.17) is 0 Å². The topological polar surface area (TPSA) is 65.1 Å². The Bertz CT molecular complexity index is 673. The van der Waals surface area contributed by atoms with Crippen molar-refractivity contribution >= 4 is 5.91 Å². The minimum atomic E-state index is 0.111. The summed E-state index contributed by atoms with van der Waals surface area (Å²) in [6.07, 6.45) is 0.280. The average molecular weight is 313 g/mol. The van der Waals surface area contributed by atoms with Crippen LogP contribution in [-0.2, 0) is 17.8 Å². The Morgan fingerprint density at radius 2 is 1.91 bits per heavy atom. The Morgan fingerprint density at radius 1 is 1.17 bits per heavy atom. The van der Waals surface area contributed by atoms with Crippen molar-refractivity contribution in [3.63, 3.8) is 0 Å². The summed E-state index contributed by atoms with van der Waals surface area (Å²) in [6, 6.07) is 8.48. The molecule has 0 saturated carbocycles. The van der Waals surface area contributed by atoms with Crippen LogP contribution in [0.5, 0.6) is 0 Å². The summed E-state index contributed by atoms with van der Waals surface area (Å²) in [5, 5.41) is 6.81. The van der Waals surface area contributed by atoms with E-state index in [0.29, 0.717) is 5.82 Å². The second-order valence-corrected chi connectivity index (χ2v) is 6.10. The predicted molar refractivity (Wildman–Crippen MR) is 87.9 cm³/mol. The molecule has 6 heteroatoms. The number of aromatic nitrogens is 3. The van der Waals surface area contributed by atoms with Crippen LogP contribution in [0, 0.1) is 13.8 Å². The molecule has 1 fully saturated rings. The first-order valence-corrected chi connectivity index (χ1v) is 8.04. The summed E-state index contributed by atoms with van der Waals surface area (Å²) >= 11 is 0. The highest BCUT2D eigenvalue weighted by atomic mass is 16.2. The number of H-pyrrole nitrogens is 1. The van der Waals surface area contributed by atoms with Gasteiger partial charge in [-0.05, 0) is 25.0 Å². The molecule has 3 rings (SSSR count). The van der Waals surface area contributed by atoms with Gasteiger partial charge in [-0.1, -0.05) is 24.3 Å². The van der Waals surface area contributed by atoms with E-state index >= 15 is 0 Å². The lowest BCUT2D eigenvalue weighted by Crippen LogP contribution is -2.48. The molecule has 0 spiro atoms. The van der Waals surface area contributed by atoms with E-state index in [1.165, 1.54) is 11.1 Å². The van der Waals surface area contributed by atoms with E-state index in [-0.39, 0.29) is 12.3 Å². The Labute approximate surface area is 136 Å². The minimum Gasteiger partial charge on any atom is -0.340 e. The van der Waals surface area contributed by atoms with Crippen molar-refractivity contribution in [3.05, 3.63) is 47.0 Å². The average Bonchev–Trinajstić information content (AvgIpc) is 2.95. The Kier molecular flexibility index (Phi) is 4.71. The van der Waals surface area contributed by atoms with Gasteiger partial charge in [-0.3, -0.25) is 14.8 Å². The van der Waals surface area contributed by atoms with Crippen LogP contribution < -0.4 is 0 Å². The van der Waals surface area contributed by atoms with Gasteiger partial charge in [0.2, 0.25) is 5.91 Å². The van der Waals surface area contributed by atoms with Crippen molar-refractivity contribution in [1.82, 2.24) is 25.0 Å². The fraction of sp³-hybridized carbons (Fsp3) is 0.471. The van der Waals surface area contributed by atoms with Crippen LogP contribution in [0.25, 0.3) is 0 Å². The molecule has 1 aromatic carbocycles. The van der Waals surface area contributed by atoms with Crippen LogP contribution in [0.3, 0.4) is 0 Å². The Hall–Kier alpha value is -2.21. The number of amides is 1. The summed E-state index contributed by atoms with van der Waals surface area (Å²) in [5.74, 6) is 1.44. The molecule has 23 heavy (non-hydrogen) atoms. The molecule has 1 aromatic heterocycles. The fourth-order valence-electron chi connectivity index (χ4n) is 2.90. The first kappa shape index (κ1) is 15.7. The lowest BCUT2D eigenvalue weighted by atomic mass is 10.1. The molecule has 1 saturated heterocycles. The summed E-state index contributed by atoms with van der Waals surface area (Å²) in [4.78, 5) is 20.8. The van der Waals surface area contributed by atoms with E-state index in [0.717, 1.165) is 38.5 Å². The van der Waals surface area contributed by atoms with Crippen molar-refractivity contribution in [2.45, 2.75) is 26.8 Å². The van der Waals surface area contributed by atoms with E-state index in [9.17, 15) is 4.79 Å². The van der Waals surface area contributed by atoms with Gasteiger partial charge in [0.25, 0.3) is 0 Å². The predicted octanol–water partition coefficient (Wildman–Crippen LogP) is 1.31. The zero-order chi connectivity index (χ0) is 16.2. The number of carbonyl (C=O) groups is 1. The highest BCUT2D eigenvalue weighted by Crippen LogP contribution is 2.13. The van der Waals surface area contributed by atoms with Crippen LogP contribution in [0.15, 0.2) is 24.3 Å². The van der Waals surface area contributed by atoms with Gasteiger partial charge in [-0.25, -0.2) is 4.98 Å². The molecule has 2 heterocycles. The summed E-state index contributed by atoms with van der Waals surface area (Å²) in [5.41, 5.74) is 2.69. The molecule has 1 aliphatic rings. The standard InChI is InChI=1S/C17H23N5O/c1-13-5-3-4-6-15(13)12-21-7-9-22(10-8-21)17(23)11-16-18-14(2)19-20-16/h3-6H,7-12H2,1-2H3,(H,18,19,20). The summed E-state index contributed by atoms with van der Waals surface area (Å²) in [6.45, 7) is 8.30. The molecule has 0 atom stereocenters. The number of carbonyl (C=O) groups excluding carboxylic acids is 1. The highest BCUT2D eigenvalue weighted by molar-refractivity contribution is 5.78. The second kappa shape index (κ2) is 6.91. The van der Waals surface area contributed by atoms with Crippen LogP contribution >= 0.6 is 0 Å². The zero-order valence-electron chi connectivity index (χ0n) is 13.7. The van der Waals surface area contributed by atoms with Crippen LogP contribution in [0.4, 0.5) is 0 Å². The van der Waals surface area contributed by atoms with E-state index in [1.54, 1.807) is 0 Å². The number of hydrogen-bond acceptors (Lipinski definition) is 4. The maximum absolute atomic E-state index is 12.3. The first-order chi connectivity index (χ1) is 11.1. The van der Waals surface area contributed by atoms with E-state index < -0.39 is 0 Å². The lowest BCUT2D eigenvalue weighted by Gasteiger charge is -2.34. The second-order valence-electron chi connectivity index (χ2n) is 6.10. The normalized spacial score (nSPS) is 15.8. The number of rotatable bonds is 4. The Balaban J connectivity index is 1.50. The number of nitrogens with one attached hydrogen (secondary N) is 1. The van der Waals surface area contributed by atoms with E-state index in [2.05, 4.69) is 51.3 Å². The van der Waals surface area contributed by atoms with Gasteiger partial charge in [0.1, 0.15) is 5.82 Å². The zero-order valence-corrected chi connectivity index (χ0v) is 13.7. The molecule has 2 aromatic rings. The molecule has 0 bridgehead atoms. The number of aromatic amines is 1. The molecule has 0 aliphatic carbocycles. The van der Waals surface area contributed by atoms with Crippen molar-refractivity contribution in [3.8, 4) is 0 Å².